The van der Waals surface area contributed by atoms with E-state index in [0.717, 1.165) is 5.76 Å². The van der Waals surface area contributed by atoms with Crippen molar-refractivity contribution in [3.05, 3.63) is 54.7 Å². The van der Waals surface area contributed by atoms with Crippen LogP contribution in [0.2, 0.25) is 0 Å². The van der Waals surface area contributed by atoms with Crippen LogP contribution in [0, 0.1) is 0 Å². The Morgan fingerprint density at radius 1 is 1.27 bits per heavy atom. The van der Waals surface area contributed by atoms with Crippen LogP contribution in [0.1, 0.15) is 5.76 Å². The molecule has 0 atom stereocenters. The van der Waals surface area contributed by atoms with Gasteiger partial charge in [-0.05, 0) is 24.3 Å². The zero-order valence-corrected chi connectivity index (χ0v) is 15.0. The average Bonchev–Trinajstić information content (AvgIpc) is 3.27. The maximum Gasteiger partial charge on any atom is 0.288 e. The number of nitrogens with zero attached hydrogens (tertiary/aromatic N) is 3. The van der Waals surface area contributed by atoms with E-state index in [2.05, 4.69) is 15.5 Å². The van der Waals surface area contributed by atoms with Gasteiger partial charge in [-0.2, -0.15) is 8.78 Å². The van der Waals surface area contributed by atoms with Gasteiger partial charge in [0, 0.05) is 4.90 Å². The number of nitrogens with one attached hydrogen (secondary N) is 1. The molecular weight excluding hydrogens is 382 g/mol. The Balaban J connectivity index is 1.58. The Kier molecular flexibility index (Phi) is 6.29. The van der Waals surface area contributed by atoms with Crippen molar-refractivity contribution in [1.29, 1.82) is 0 Å². The lowest BCUT2D eigenvalue weighted by atomic mass is 10.3. The highest BCUT2D eigenvalue weighted by Crippen LogP contribution is 2.31. The topological polar surface area (TPSA) is 73.0 Å². The van der Waals surface area contributed by atoms with Gasteiger partial charge in [0.1, 0.15) is 12.1 Å². The van der Waals surface area contributed by atoms with Crippen molar-refractivity contribution in [3.8, 4) is 0 Å². The molecule has 0 unspecified atom stereocenters. The lowest BCUT2D eigenvalue weighted by Crippen LogP contribution is -2.15. The Morgan fingerprint density at radius 2 is 2.12 bits per heavy atom. The zero-order chi connectivity index (χ0) is 18.4. The number of halogens is 2. The minimum atomic E-state index is -2.55. The van der Waals surface area contributed by atoms with E-state index in [1.807, 2.05) is 6.07 Å². The van der Waals surface area contributed by atoms with Gasteiger partial charge in [0.05, 0.1) is 24.2 Å². The fraction of sp³-hybridized carbons (Fsp3) is 0.188. The number of aromatic nitrogens is 3. The summed E-state index contributed by atoms with van der Waals surface area (Å²) < 4.78 is 32.2. The summed E-state index contributed by atoms with van der Waals surface area (Å²) in [7, 11) is 0. The van der Waals surface area contributed by atoms with Crippen LogP contribution in [0.5, 0.6) is 0 Å². The molecule has 0 fully saturated rings. The summed E-state index contributed by atoms with van der Waals surface area (Å²) in [6.45, 7) is 0.456. The number of anilines is 1. The highest BCUT2D eigenvalue weighted by molar-refractivity contribution is 8.00. The average molecular weight is 396 g/mol. The molecule has 1 N–H and O–H groups in total. The summed E-state index contributed by atoms with van der Waals surface area (Å²) in [5.74, 6) is -2.05. The van der Waals surface area contributed by atoms with Crippen molar-refractivity contribution in [3.63, 3.8) is 0 Å². The van der Waals surface area contributed by atoms with Crippen LogP contribution < -0.4 is 5.32 Å². The minimum Gasteiger partial charge on any atom is -0.467 e. The second kappa shape index (κ2) is 8.86. The van der Waals surface area contributed by atoms with Gasteiger partial charge >= 0.3 is 0 Å². The Bertz CT molecular complexity index is 856. The monoisotopic (exact) mass is 396 g/mol. The first-order chi connectivity index (χ1) is 12.6. The van der Waals surface area contributed by atoms with Crippen molar-refractivity contribution in [2.24, 2.45) is 0 Å². The van der Waals surface area contributed by atoms with Gasteiger partial charge in [-0.25, -0.2) is 0 Å². The predicted molar refractivity (Wildman–Crippen MR) is 95.5 cm³/mol. The van der Waals surface area contributed by atoms with Crippen LogP contribution >= 0.6 is 23.5 Å². The number of thioether (sulfide) groups is 2. The summed E-state index contributed by atoms with van der Waals surface area (Å²) in [5.41, 5.74) is 0.362. The molecule has 1 amide bonds. The largest absolute Gasteiger partial charge is 0.467 e. The highest BCUT2D eigenvalue weighted by Gasteiger charge is 2.13. The molecule has 0 saturated carbocycles. The number of carbonyl (C=O) groups is 1. The Morgan fingerprint density at radius 3 is 2.88 bits per heavy atom. The molecule has 0 aliphatic carbocycles. The summed E-state index contributed by atoms with van der Waals surface area (Å²) in [6.07, 6.45) is 3.13. The molecule has 0 spiro atoms. The number of carbonyl (C=O) groups excluding carboxylic acids is 1. The molecule has 2 heterocycles. The maximum absolute atomic E-state index is 12.6. The van der Waals surface area contributed by atoms with Gasteiger partial charge in [0.2, 0.25) is 5.91 Å². The van der Waals surface area contributed by atoms with Crippen molar-refractivity contribution >= 4 is 35.1 Å². The number of hydrogen-bond acceptors (Lipinski definition) is 6. The van der Waals surface area contributed by atoms with Crippen LogP contribution in [0.3, 0.4) is 0 Å². The first-order valence-electron chi connectivity index (χ1n) is 7.48. The van der Waals surface area contributed by atoms with E-state index in [1.165, 1.54) is 11.8 Å². The minimum absolute atomic E-state index is 0.0739. The number of benzene rings is 1. The smallest absolute Gasteiger partial charge is 0.288 e. The van der Waals surface area contributed by atoms with E-state index >= 15 is 0 Å². The van der Waals surface area contributed by atoms with E-state index in [9.17, 15) is 13.6 Å². The normalized spacial score (nSPS) is 11.0. The Hall–Kier alpha value is -2.33. The van der Waals surface area contributed by atoms with E-state index in [1.54, 1.807) is 47.5 Å². The van der Waals surface area contributed by atoms with Crippen molar-refractivity contribution in [2.45, 2.75) is 22.4 Å². The first-order valence-corrected chi connectivity index (χ1v) is 9.35. The van der Waals surface area contributed by atoms with Crippen LogP contribution in [-0.2, 0) is 11.3 Å². The van der Waals surface area contributed by atoms with E-state index in [0.29, 0.717) is 34.0 Å². The van der Waals surface area contributed by atoms with Gasteiger partial charge in [0.15, 0.2) is 5.16 Å². The number of rotatable bonds is 8. The zero-order valence-electron chi connectivity index (χ0n) is 13.3. The third-order valence-corrected chi connectivity index (χ3v) is 4.96. The molecule has 0 bridgehead atoms. The molecule has 3 rings (SSSR count). The van der Waals surface area contributed by atoms with Crippen LogP contribution in [0.15, 0.2) is 63.5 Å². The second-order valence-corrected chi connectivity index (χ2v) is 7.01. The van der Waals surface area contributed by atoms with Crippen molar-refractivity contribution in [1.82, 2.24) is 14.8 Å². The van der Waals surface area contributed by atoms with Gasteiger partial charge < -0.3 is 14.3 Å². The molecule has 0 radical (unpaired) electrons. The lowest BCUT2D eigenvalue weighted by Gasteiger charge is -2.10. The second-order valence-electron chi connectivity index (χ2n) is 5.03. The van der Waals surface area contributed by atoms with E-state index in [-0.39, 0.29) is 11.7 Å². The third-order valence-electron chi connectivity index (χ3n) is 3.20. The SMILES string of the molecule is O=C(CSc1nncn1Cc1ccco1)Nc1ccccc1SC(F)F. The Labute approximate surface area is 156 Å². The molecule has 136 valence electrons. The molecule has 0 aliphatic rings. The molecule has 3 aromatic rings. The van der Waals surface area contributed by atoms with Gasteiger partial charge in [0.25, 0.3) is 5.76 Å². The molecule has 26 heavy (non-hydrogen) atoms. The summed E-state index contributed by atoms with van der Waals surface area (Å²) >= 11 is 1.60. The fourth-order valence-electron chi connectivity index (χ4n) is 2.12. The van der Waals surface area contributed by atoms with Crippen LogP contribution in [-0.4, -0.2) is 32.2 Å². The van der Waals surface area contributed by atoms with E-state index < -0.39 is 5.76 Å². The summed E-state index contributed by atoms with van der Waals surface area (Å²) in [6, 6.07) is 10.1. The lowest BCUT2D eigenvalue weighted by molar-refractivity contribution is -0.113. The van der Waals surface area contributed by atoms with Crippen LogP contribution in [0.25, 0.3) is 0 Å². The van der Waals surface area contributed by atoms with Gasteiger partial charge in [-0.15, -0.1) is 10.2 Å². The molecule has 6 nitrogen and oxygen atoms in total. The third kappa shape index (κ3) is 5.09. The molecule has 0 saturated heterocycles. The number of hydrogen-bond donors (Lipinski definition) is 1. The molecule has 2 aromatic heterocycles. The maximum atomic E-state index is 12.6. The predicted octanol–water partition coefficient (Wildman–Crippen LogP) is 3.96. The quantitative estimate of drug-likeness (QED) is 0.581. The number of furan rings is 1. The highest BCUT2D eigenvalue weighted by atomic mass is 32.2. The number of alkyl halides is 2. The van der Waals surface area contributed by atoms with Gasteiger partial charge in [-0.1, -0.05) is 35.7 Å². The molecule has 10 heteroatoms. The molecule has 0 aliphatic heterocycles. The number of amides is 1. The molecular formula is C16H14F2N4O2S2. The fourth-order valence-corrected chi connectivity index (χ4v) is 3.43. The van der Waals surface area contributed by atoms with Gasteiger partial charge in [-0.3, -0.25) is 4.79 Å². The van der Waals surface area contributed by atoms with Crippen molar-refractivity contribution < 1.29 is 18.0 Å². The molecule has 1 aromatic carbocycles. The van der Waals surface area contributed by atoms with E-state index in [4.69, 9.17) is 4.42 Å². The summed E-state index contributed by atoms with van der Waals surface area (Å²) in [5, 5.41) is 11.0. The van der Waals surface area contributed by atoms with Crippen LogP contribution in [0.4, 0.5) is 14.5 Å². The van der Waals surface area contributed by atoms with Crippen molar-refractivity contribution in [2.75, 3.05) is 11.1 Å². The summed E-state index contributed by atoms with van der Waals surface area (Å²) in [4.78, 5) is 12.5. The first kappa shape index (κ1) is 18.5. The number of para-hydroxylation sites is 1. The standard InChI is InChI=1S/C16H14F2N4O2S2/c17-15(18)26-13-6-2-1-5-12(13)20-14(23)9-25-16-21-19-10-22(16)8-11-4-3-7-24-11/h1-7,10,15H,8-9H2,(H,20,23).